The van der Waals surface area contributed by atoms with Crippen LogP contribution >= 0.6 is 0 Å². The first-order valence-electron chi connectivity index (χ1n) is 8.56. The predicted molar refractivity (Wildman–Crippen MR) is 93.1 cm³/mol. The van der Waals surface area contributed by atoms with Crippen LogP contribution in [0.1, 0.15) is 35.2 Å². The molecule has 7 heteroatoms. The molecule has 1 aromatic rings. The van der Waals surface area contributed by atoms with Crippen molar-refractivity contribution in [2.24, 2.45) is 5.10 Å². The fourth-order valence-electron chi connectivity index (χ4n) is 3.12. The van der Waals surface area contributed by atoms with E-state index in [2.05, 4.69) is 10.5 Å². The van der Waals surface area contributed by atoms with Gasteiger partial charge in [0, 0.05) is 44.6 Å². The van der Waals surface area contributed by atoms with E-state index in [4.69, 9.17) is 0 Å². The van der Waals surface area contributed by atoms with E-state index in [-0.39, 0.29) is 24.1 Å². The number of amides is 3. The van der Waals surface area contributed by atoms with Crippen molar-refractivity contribution in [3.05, 3.63) is 35.4 Å². The molecule has 0 unspecified atom stereocenters. The highest BCUT2D eigenvalue weighted by molar-refractivity contribution is 6.39. The normalized spacial score (nSPS) is 18.3. The zero-order chi connectivity index (χ0) is 17.8. The first kappa shape index (κ1) is 17.1. The second-order valence-electron chi connectivity index (χ2n) is 6.35. The summed E-state index contributed by atoms with van der Waals surface area (Å²) in [4.78, 5) is 40.0. The number of nitrogens with one attached hydrogen (secondary N) is 1. The van der Waals surface area contributed by atoms with E-state index in [0.717, 1.165) is 12.0 Å². The Morgan fingerprint density at radius 2 is 1.68 bits per heavy atom. The smallest absolute Gasteiger partial charge is 0.270 e. The van der Waals surface area contributed by atoms with Gasteiger partial charge in [-0.25, -0.2) is 5.43 Å². The number of aryl methyl sites for hydroxylation is 1. The summed E-state index contributed by atoms with van der Waals surface area (Å²) in [6.07, 6.45) is 1.38. The van der Waals surface area contributed by atoms with Crippen molar-refractivity contribution in [1.82, 2.24) is 15.2 Å². The molecule has 1 N–H and O–H groups in total. The number of rotatable bonds is 2. The lowest BCUT2D eigenvalue weighted by Gasteiger charge is -2.23. The number of carbonyl (C=O) groups is 3. The van der Waals surface area contributed by atoms with Crippen molar-refractivity contribution in [1.29, 1.82) is 0 Å². The van der Waals surface area contributed by atoms with Crippen LogP contribution in [-0.4, -0.2) is 59.4 Å². The Balaban J connectivity index is 1.64. The highest BCUT2D eigenvalue weighted by Gasteiger charge is 2.27. The molecule has 7 nitrogen and oxygen atoms in total. The minimum absolute atomic E-state index is 0.00895. The van der Waals surface area contributed by atoms with E-state index < -0.39 is 0 Å². The molecule has 0 aliphatic carbocycles. The first-order valence-corrected chi connectivity index (χ1v) is 8.56. The molecule has 0 bridgehead atoms. The molecule has 25 heavy (non-hydrogen) atoms. The van der Waals surface area contributed by atoms with Gasteiger partial charge >= 0.3 is 0 Å². The molecule has 2 aliphatic heterocycles. The Bertz CT molecular complexity index is 729. The van der Waals surface area contributed by atoms with Gasteiger partial charge in [0.2, 0.25) is 5.91 Å². The van der Waals surface area contributed by atoms with Gasteiger partial charge in [-0.3, -0.25) is 14.4 Å². The summed E-state index contributed by atoms with van der Waals surface area (Å²) in [5.41, 5.74) is 4.41. The lowest BCUT2D eigenvalue weighted by molar-refractivity contribution is -0.124. The minimum atomic E-state index is -0.164. The molecular formula is C18H22N4O3. The van der Waals surface area contributed by atoms with Gasteiger partial charge in [0.05, 0.1) is 0 Å². The van der Waals surface area contributed by atoms with Crippen molar-refractivity contribution in [2.45, 2.75) is 26.2 Å². The Labute approximate surface area is 146 Å². The number of nitrogens with zero attached hydrogens (tertiary/aromatic N) is 3. The SMILES string of the molecule is Cc1ccccc1C(=O)N1CCCN(C(=O)C2=NNC(=O)CC2)CC1. The van der Waals surface area contributed by atoms with Gasteiger partial charge in [0.1, 0.15) is 5.71 Å². The molecule has 2 heterocycles. The van der Waals surface area contributed by atoms with Crippen LogP contribution in [0, 0.1) is 6.92 Å². The fraction of sp³-hybridized carbons (Fsp3) is 0.444. The highest BCUT2D eigenvalue weighted by atomic mass is 16.2. The predicted octanol–water partition coefficient (Wildman–Crippen LogP) is 0.936. The van der Waals surface area contributed by atoms with Gasteiger partial charge in [0.15, 0.2) is 0 Å². The fourth-order valence-corrected chi connectivity index (χ4v) is 3.12. The largest absolute Gasteiger partial charge is 0.337 e. The van der Waals surface area contributed by atoms with Crippen LogP contribution in [0.25, 0.3) is 0 Å². The number of hydrogen-bond donors (Lipinski definition) is 1. The summed E-state index contributed by atoms with van der Waals surface area (Å²) in [5, 5.41) is 3.87. The molecule has 3 amide bonds. The monoisotopic (exact) mass is 342 g/mol. The van der Waals surface area contributed by atoms with Gasteiger partial charge in [0.25, 0.3) is 11.8 Å². The molecule has 0 atom stereocenters. The highest BCUT2D eigenvalue weighted by Crippen LogP contribution is 2.14. The lowest BCUT2D eigenvalue weighted by atomic mass is 10.1. The average molecular weight is 342 g/mol. The third kappa shape index (κ3) is 3.87. The van der Waals surface area contributed by atoms with Crippen LogP contribution in [-0.2, 0) is 9.59 Å². The van der Waals surface area contributed by atoms with E-state index >= 15 is 0 Å². The Morgan fingerprint density at radius 1 is 1.00 bits per heavy atom. The van der Waals surface area contributed by atoms with Gasteiger partial charge < -0.3 is 9.80 Å². The molecule has 0 saturated carbocycles. The average Bonchev–Trinajstić information content (AvgIpc) is 2.88. The van der Waals surface area contributed by atoms with Crippen molar-refractivity contribution in [3.8, 4) is 0 Å². The standard InChI is InChI=1S/C18H22N4O3/c1-13-5-2-3-6-14(13)17(24)21-9-4-10-22(12-11-21)18(25)15-7-8-16(23)20-19-15/h2-3,5-6H,4,7-12H2,1H3,(H,20,23). The van der Waals surface area contributed by atoms with E-state index in [0.29, 0.717) is 43.9 Å². The first-order chi connectivity index (χ1) is 12.1. The second kappa shape index (κ2) is 7.46. The molecule has 3 rings (SSSR count). The molecule has 1 aromatic carbocycles. The zero-order valence-electron chi connectivity index (χ0n) is 14.3. The Morgan fingerprint density at radius 3 is 2.32 bits per heavy atom. The van der Waals surface area contributed by atoms with E-state index in [1.165, 1.54) is 0 Å². The molecule has 0 spiro atoms. The summed E-state index contributed by atoms with van der Waals surface area (Å²) in [5.74, 6) is -0.303. The molecule has 1 saturated heterocycles. The van der Waals surface area contributed by atoms with Crippen LogP contribution < -0.4 is 5.43 Å². The second-order valence-corrected chi connectivity index (χ2v) is 6.35. The van der Waals surface area contributed by atoms with Crippen LogP contribution in [0.2, 0.25) is 0 Å². The zero-order valence-corrected chi connectivity index (χ0v) is 14.3. The summed E-state index contributed by atoms with van der Waals surface area (Å²) in [7, 11) is 0. The third-order valence-electron chi connectivity index (χ3n) is 4.60. The molecule has 132 valence electrons. The van der Waals surface area contributed by atoms with Crippen molar-refractivity contribution in [3.63, 3.8) is 0 Å². The molecule has 0 aromatic heterocycles. The number of hydrogen-bond acceptors (Lipinski definition) is 4. The molecular weight excluding hydrogens is 320 g/mol. The van der Waals surface area contributed by atoms with Gasteiger partial charge in [-0.15, -0.1) is 0 Å². The molecule has 0 radical (unpaired) electrons. The quantitative estimate of drug-likeness (QED) is 0.868. The minimum Gasteiger partial charge on any atom is -0.337 e. The maximum Gasteiger partial charge on any atom is 0.270 e. The number of benzene rings is 1. The summed E-state index contributed by atoms with van der Waals surface area (Å²) in [6, 6.07) is 7.54. The lowest BCUT2D eigenvalue weighted by Crippen LogP contribution is -2.42. The van der Waals surface area contributed by atoms with Crippen LogP contribution in [0.15, 0.2) is 29.4 Å². The topological polar surface area (TPSA) is 82.1 Å². The van der Waals surface area contributed by atoms with Crippen molar-refractivity contribution >= 4 is 23.4 Å². The van der Waals surface area contributed by atoms with E-state index in [1.54, 1.807) is 9.80 Å². The van der Waals surface area contributed by atoms with Gasteiger partial charge in [-0.2, -0.15) is 5.10 Å². The Kier molecular flexibility index (Phi) is 5.11. The Hall–Kier alpha value is -2.70. The number of hydrazone groups is 1. The van der Waals surface area contributed by atoms with E-state index in [9.17, 15) is 14.4 Å². The maximum absolute atomic E-state index is 12.7. The third-order valence-corrected chi connectivity index (χ3v) is 4.60. The van der Waals surface area contributed by atoms with Crippen molar-refractivity contribution in [2.75, 3.05) is 26.2 Å². The van der Waals surface area contributed by atoms with Crippen molar-refractivity contribution < 1.29 is 14.4 Å². The molecule has 2 aliphatic rings. The van der Waals surface area contributed by atoms with Gasteiger partial charge in [-0.05, 0) is 25.0 Å². The van der Waals surface area contributed by atoms with Crippen LogP contribution in [0.4, 0.5) is 0 Å². The summed E-state index contributed by atoms with van der Waals surface area (Å²) >= 11 is 0. The maximum atomic E-state index is 12.7. The van der Waals surface area contributed by atoms with Crippen LogP contribution in [0.5, 0.6) is 0 Å². The molecule has 1 fully saturated rings. The number of carbonyl (C=O) groups excluding carboxylic acids is 3. The van der Waals surface area contributed by atoms with E-state index in [1.807, 2.05) is 31.2 Å². The summed E-state index contributed by atoms with van der Waals surface area (Å²) in [6.45, 7) is 4.11. The van der Waals surface area contributed by atoms with Crippen LogP contribution in [0.3, 0.4) is 0 Å². The van der Waals surface area contributed by atoms with Gasteiger partial charge in [-0.1, -0.05) is 18.2 Å². The summed E-state index contributed by atoms with van der Waals surface area (Å²) < 4.78 is 0.